The van der Waals surface area contributed by atoms with E-state index >= 15 is 0 Å². The molecule has 0 bridgehead atoms. The van der Waals surface area contributed by atoms with Crippen LogP contribution in [0.25, 0.3) is 11.4 Å². The maximum absolute atomic E-state index is 11.9. The van der Waals surface area contributed by atoms with Crippen molar-refractivity contribution in [2.75, 3.05) is 5.32 Å². The highest BCUT2D eigenvalue weighted by Crippen LogP contribution is 2.19. The number of amides is 1. The van der Waals surface area contributed by atoms with Crippen LogP contribution < -0.4 is 5.32 Å². The third-order valence-corrected chi connectivity index (χ3v) is 3.80. The number of anilines is 1. The summed E-state index contributed by atoms with van der Waals surface area (Å²) in [6.45, 7) is 1.99. The number of carbonyl (C=O) groups excluding carboxylic acids is 1. The molecule has 0 aliphatic carbocycles. The molecule has 2 aromatic heterocycles. The number of thiophene rings is 1. The van der Waals surface area contributed by atoms with E-state index in [0.29, 0.717) is 24.6 Å². The Labute approximate surface area is 132 Å². The van der Waals surface area contributed by atoms with Gasteiger partial charge in [-0.05, 0) is 36.1 Å². The topological polar surface area (TPSA) is 68.0 Å². The van der Waals surface area contributed by atoms with Crippen LogP contribution in [0, 0.1) is 6.92 Å². The number of nitrogens with one attached hydrogen (secondary N) is 1. The van der Waals surface area contributed by atoms with Crippen LogP contribution >= 0.6 is 11.3 Å². The Bertz CT molecular complexity index is 765. The molecule has 0 aliphatic rings. The second-order valence-electron chi connectivity index (χ2n) is 4.94. The van der Waals surface area contributed by atoms with Gasteiger partial charge in [-0.2, -0.15) is 16.3 Å². The zero-order valence-electron chi connectivity index (χ0n) is 12.1. The summed E-state index contributed by atoms with van der Waals surface area (Å²) in [5.74, 6) is 0.969. The normalized spacial score (nSPS) is 10.6. The molecule has 22 heavy (non-hydrogen) atoms. The smallest absolute Gasteiger partial charge is 0.227 e. The first-order valence-corrected chi connectivity index (χ1v) is 7.87. The summed E-state index contributed by atoms with van der Waals surface area (Å²) in [5.41, 5.74) is 2.84. The van der Waals surface area contributed by atoms with Gasteiger partial charge in [0, 0.05) is 29.5 Å². The molecule has 0 saturated heterocycles. The van der Waals surface area contributed by atoms with E-state index in [1.54, 1.807) is 11.3 Å². The molecule has 0 fully saturated rings. The van der Waals surface area contributed by atoms with Crippen LogP contribution in [0.5, 0.6) is 0 Å². The predicted molar refractivity (Wildman–Crippen MR) is 85.7 cm³/mol. The fraction of sp³-hybridized carbons (Fsp3) is 0.188. The van der Waals surface area contributed by atoms with Gasteiger partial charge in [-0.25, -0.2) is 0 Å². The second kappa shape index (κ2) is 6.53. The molecule has 1 aromatic carbocycles. The Morgan fingerprint density at radius 1 is 1.36 bits per heavy atom. The number of hydrogen-bond acceptors (Lipinski definition) is 5. The standard InChI is InChI=1S/C16H15N3O2S/c1-11-3-2-4-13(9-11)17-14(20)5-6-15-18-16(19-21-15)12-7-8-22-10-12/h2-4,7-10H,5-6H2,1H3,(H,17,20). The van der Waals surface area contributed by atoms with E-state index in [1.807, 2.05) is 48.0 Å². The number of rotatable bonds is 5. The van der Waals surface area contributed by atoms with Crippen LogP contribution in [0.2, 0.25) is 0 Å². The minimum atomic E-state index is -0.0686. The minimum absolute atomic E-state index is 0.0686. The van der Waals surface area contributed by atoms with E-state index in [2.05, 4.69) is 15.5 Å². The monoisotopic (exact) mass is 313 g/mol. The number of carbonyl (C=O) groups is 1. The molecule has 0 radical (unpaired) electrons. The van der Waals surface area contributed by atoms with Gasteiger partial charge < -0.3 is 9.84 Å². The summed E-state index contributed by atoms with van der Waals surface area (Å²) in [6, 6.07) is 9.63. The molecule has 2 heterocycles. The number of benzene rings is 1. The van der Waals surface area contributed by atoms with E-state index in [0.717, 1.165) is 16.8 Å². The molecule has 3 aromatic rings. The van der Waals surface area contributed by atoms with Gasteiger partial charge in [0.1, 0.15) is 0 Å². The van der Waals surface area contributed by atoms with Gasteiger partial charge in [0.2, 0.25) is 17.6 Å². The highest BCUT2D eigenvalue weighted by Gasteiger charge is 2.11. The first-order chi connectivity index (χ1) is 10.7. The Morgan fingerprint density at radius 2 is 2.27 bits per heavy atom. The first-order valence-electron chi connectivity index (χ1n) is 6.92. The number of hydrogen-bond donors (Lipinski definition) is 1. The van der Waals surface area contributed by atoms with Crippen molar-refractivity contribution >= 4 is 22.9 Å². The van der Waals surface area contributed by atoms with Gasteiger partial charge in [0.25, 0.3) is 0 Å². The number of nitrogens with zero attached hydrogens (tertiary/aromatic N) is 2. The van der Waals surface area contributed by atoms with Gasteiger partial charge in [-0.1, -0.05) is 17.3 Å². The Balaban J connectivity index is 1.55. The molecule has 1 amide bonds. The van der Waals surface area contributed by atoms with Crippen molar-refractivity contribution in [2.24, 2.45) is 0 Å². The van der Waals surface area contributed by atoms with Crippen molar-refractivity contribution in [3.63, 3.8) is 0 Å². The lowest BCUT2D eigenvalue weighted by Crippen LogP contribution is -2.12. The summed E-state index contributed by atoms with van der Waals surface area (Å²) in [4.78, 5) is 16.2. The average Bonchev–Trinajstić information content (AvgIpc) is 3.16. The Hall–Kier alpha value is -2.47. The highest BCUT2D eigenvalue weighted by molar-refractivity contribution is 7.08. The first kappa shape index (κ1) is 14.5. The third kappa shape index (κ3) is 3.59. The van der Waals surface area contributed by atoms with Crippen molar-refractivity contribution in [1.82, 2.24) is 10.1 Å². The molecule has 3 rings (SSSR count). The largest absolute Gasteiger partial charge is 0.339 e. The highest BCUT2D eigenvalue weighted by atomic mass is 32.1. The number of aryl methyl sites for hydroxylation is 2. The average molecular weight is 313 g/mol. The van der Waals surface area contributed by atoms with E-state index < -0.39 is 0 Å². The lowest BCUT2D eigenvalue weighted by molar-refractivity contribution is -0.116. The zero-order chi connectivity index (χ0) is 15.4. The van der Waals surface area contributed by atoms with E-state index in [1.165, 1.54) is 0 Å². The van der Waals surface area contributed by atoms with Crippen LogP contribution in [0.3, 0.4) is 0 Å². The van der Waals surface area contributed by atoms with Crippen LogP contribution in [-0.4, -0.2) is 16.0 Å². The second-order valence-corrected chi connectivity index (χ2v) is 5.72. The molecule has 6 heteroatoms. The molecule has 0 unspecified atom stereocenters. The minimum Gasteiger partial charge on any atom is -0.339 e. The van der Waals surface area contributed by atoms with Crippen LogP contribution in [0.1, 0.15) is 17.9 Å². The van der Waals surface area contributed by atoms with Crippen LogP contribution in [0.4, 0.5) is 5.69 Å². The van der Waals surface area contributed by atoms with Crippen LogP contribution in [-0.2, 0) is 11.2 Å². The summed E-state index contributed by atoms with van der Waals surface area (Å²) >= 11 is 1.58. The van der Waals surface area contributed by atoms with Gasteiger partial charge in [0.15, 0.2) is 0 Å². The zero-order valence-corrected chi connectivity index (χ0v) is 12.9. The quantitative estimate of drug-likeness (QED) is 0.780. The molecule has 0 spiro atoms. The maximum atomic E-state index is 11.9. The maximum Gasteiger partial charge on any atom is 0.227 e. The number of aromatic nitrogens is 2. The Kier molecular flexibility index (Phi) is 4.29. The van der Waals surface area contributed by atoms with Crippen LogP contribution in [0.15, 0.2) is 45.6 Å². The van der Waals surface area contributed by atoms with E-state index in [9.17, 15) is 4.79 Å². The molecule has 0 saturated carbocycles. The SMILES string of the molecule is Cc1cccc(NC(=O)CCc2nc(-c3ccsc3)no2)c1. The molecular formula is C16H15N3O2S. The van der Waals surface area contributed by atoms with Crippen molar-refractivity contribution in [2.45, 2.75) is 19.8 Å². The van der Waals surface area contributed by atoms with Gasteiger partial charge in [-0.3, -0.25) is 4.79 Å². The third-order valence-electron chi connectivity index (χ3n) is 3.12. The van der Waals surface area contributed by atoms with E-state index in [4.69, 9.17) is 4.52 Å². The molecule has 0 atom stereocenters. The van der Waals surface area contributed by atoms with Gasteiger partial charge >= 0.3 is 0 Å². The van der Waals surface area contributed by atoms with Gasteiger partial charge in [-0.15, -0.1) is 0 Å². The molecular weight excluding hydrogens is 298 g/mol. The van der Waals surface area contributed by atoms with Crippen molar-refractivity contribution in [3.8, 4) is 11.4 Å². The summed E-state index contributed by atoms with van der Waals surface area (Å²) < 4.78 is 5.17. The molecule has 5 nitrogen and oxygen atoms in total. The fourth-order valence-corrected chi connectivity index (χ4v) is 2.67. The van der Waals surface area contributed by atoms with E-state index in [-0.39, 0.29) is 5.91 Å². The summed E-state index contributed by atoms with van der Waals surface area (Å²) in [6.07, 6.45) is 0.730. The van der Waals surface area contributed by atoms with Crippen molar-refractivity contribution in [3.05, 3.63) is 52.5 Å². The molecule has 112 valence electrons. The van der Waals surface area contributed by atoms with Crippen molar-refractivity contribution < 1.29 is 9.32 Å². The fourth-order valence-electron chi connectivity index (χ4n) is 2.03. The molecule has 1 N–H and O–H groups in total. The Morgan fingerprint density at radius 3 is 3.05 bits per heavy atom. The van der Waals surface area contributed by atoms with Gasteiger partial charge in [0.05, 0.1) is 0 Å². The van der Waals surface area contributed by atoms with Crippen molar-refractivity contribution in [1.29, 1.82) is 0 Å². The molecule has 0 aliphatic heterocycles. The lowest BCUT2D eigenvalue weighted by atomic mass is 10.2. The predicted octanol–water partition coefficient (Wildman–Crippen LogP) is 3.68. The summed E-state index contributed by atoms with van der Waals surface area (Å²) in [7, 11) is 0. The lowest BCUT2D eigenvalue weighted by Gasteiger charge is -2.04. The summed E-state index contributed by atoms with van der Waals surface area (Å²) in [5, 5.41) is 10.7.